The highest BCUT2D eigenvalue weighted by molar-refractivity contribution is 7.09. The Hall–Kier alpha value is -1.14. The van der Waals surface area contributed by atoms with Crippen LogP contribution in [0.25, 0.3) is 0 Å². The van der Waals surface area contributed by atoms with Crippen LogP contribution in [-0.4, -0.2) is 17.4 Å². The molecule has 2 rings (SSSR count). The molecule has 0 bridgehead atoms. The molecule has 23 heavy (non-hydrogen) atoms. The summed E-state index contributed by atoms with van der Waals surface area (Å²) in [5, 5.41) is 6.06. The number of halogens is 2. The van der Waals surface area contributed by atoms with Crippen LogP contribution in [0.1, 0.15) is 42.1 Å². The van der Waals surface area contributed by atoms with Crippen molar-refractivity contribution in [1.82, 2.24) is 10.3 Å². The van der Waals surface area contributed by atoms with E-state index in [-0.39, 0.29) is 30.7 Å². The van der Waals surface area contributed by atoms with Crippen molar-refractivity contribution in [1.29, 1.82) is 0 Å². The van der Waals surface area contributed by atoms with E-state index >= 15 is 0 Å². The molecule has 0 saturated heterocycles. The summed E-state index contributed by atoms with van der Waals surface area (Å²) in [6.45, 7) is 4.81. The summed E-state index contributed by atoms with van der Waals surface area (Å²) in [4.78, 5) is 16.5. The Morgan fingerprint density at radius 2 is 1.91 bits per heavy atom. The maximum absolute atomic E-state index is 12.0. The SMILES string of the molecule is CC(C)c1nc(CCNC(=O)C(N)c2ccccc2)cs1.Cl.Cl. The van der Waals surface area contributed by atoms with E-state index in [4.69, 9.17) is 5.73 Å². The van der Waals surface area contributed by atoms with Gasteiger partial charge in [-0.25, -0.2) is 4.98 Å². The number of benzene rings is 1. The van der Waals surface area contributed by atoms with Crippen molar-refractivity contribution in [2.24, 2.45) is 5.73 Å². The number of nitrogens with one attached hydrogen (secondary N) is 1. The number of thiazole rings is 1. The second-order valence-electron chi connectivity index (χ2n) is 5.26. The minimum absolute atomic E-state index is 0. The van der Waals surface area contributed by atoms with Crippen molar-refractivity contribution >= 4 is 42.1 Å². The first-order valence-electron chi connectivity index (χ1n) is 7.10. The van der Waals surface area contributed by atoms with E-state index in [1.54, 1.807) is 11.3 Å². The summed E-state index contributed by atoms with van der Waals surface area (Å²) in [7, 11) is 0. The number of rotatable bonds is 6. The molecule has 1 amide bonds. The average molecular weight is 376 g/mol. The summed E-state index contributed by atoms with van der Waals surface area (Å²) in [6, 6.07) is 8.77. The van der Waals surface area contributed by atoms with Gasteiger partial charge in [-0.3, -0.25) is 4.79 Å². The topological polar surface area (TPSA) is 68.0 Å². The number of aromatic nitrogens is 1. The average Bonchev–Trinajstić information content (AvgIpc) is 2.96. The standard InChI is InChI=1S/C16H21N3OS.2ClH/c1-11(2)16-19-13(10-21-16)8-9-18-15(20)14(17)12-6-4-3-5-7-12;;/h3-7,10-11,14H,8-9,17H2,1-2H3,(H,18,20);2*1H. The fourth-order valence-electron chi connectivity index (χ4n) is 1.94. The molecule has 0 spiro atoms. The summed E-state index contributed by atoms with van der Waals surface area (Å²) < 4.78 is 0. The lowest BCUT2D eigenvalue weighted by atomic mass is 10.1. The quantitative estimate of drug-likeness (QED) is 0.811. The second-order valence-corrected chi connectivity index (χ2v) is 6.15. The van der Waals surface area contributed by atoms with Gasteiger partial charge < -0.3 is 11.1 Å². The smallest absolute Gasteiger partial charge is 0.241 e. The maximum Gasteiger partial charge on any atom is 0.241 e. The fourth-order valence-corrected chi connectivity index (χ4v) is 2.81. The number of hydrogen-bond acceptors (Lipinski definition) is 4. The van der Waals surface area contributed by atoms with Crippen LogP contribution in [0.5, 0.6) is 0 Å². The van der Waals surface area contributed by atoms with Gasteiger partial charge in [0.05, 0.1) is 10.7 Å². The number of nitrogens with zero attached hydrogens (tertiary/aromatic N) is 1. The molecule has 4 nitrogen and oxygen atoms in total. The van der Waals surface area contributed by atoms with E-state index in [0.717, 1.165) is 22.7 Å². The molecule has 1 aromatic heterocycles. The van der Waals surface area contributed by atoms with E-state index in [9.17, 15) is 4.79 Å². The summed E-state index contributed by atoms with van der Waals surface area (Å²) in [6.07, 6.45) is 0.733. The third-order valence-electron chi connectivity index (χ3n) is 3.18. The van der Waals surface area contributed by atoms with E-state index in [1.165, 1.54) is 0 Å². The number of amides is 1. The number of carbonyl (C=O) groups excluding carboxylic acids is 1. The molecular weight excluding hydrogens is 353 g/mol. The Labute approximate surface area is 153 Å². The van der Waals surface area contributed by atoms with Gasteiger partial charge >= 0.3 is 0 Å². The Kier molecular flexibility index (Phi) is 10.1. The molecule has 0 fully saturated rings. The molecule has 1 heterocycles. The van der Waals surface area contributed by atoms with Gasteiger partial charge in [-0.05, 0) is 5.56 Å². The lowest BCUT2D eigenvalue weighted by molar-refractivity contribution is -0.122. The Balaban J connectivity index is 0.00000242. The molecule has 0 saturated carbocycles. The molecular formula is C16H23Cl2N3OS. The normalized spacial score (nSPS) is 11.3. The van der Waals surface area contributed by atoms with Crippen molar-refractivity contribution in [3.05, 3.63) is 52.0 Å². The van der Waals surface area contributed by atoms with Crippen molar-refractivity contribution < 1.29 is 4.79 Å². The van der Waals surface area contributed by atoms with Crippen LogP contribution >= 0.6 is 36.2 Å². The zero-order valence-corrected chi connectivity index (χ0v) is 15.6. The van der Waals surface area contributed by atoms with Gasteiger partial charge in [0.15, 0.2) is 0 Å². The van der Waals surface area contributed by atoms with E-state index < -0.39 is 6.04 Å². The summed E-state index contributed by atoms with van der Waals surface area (Å²) in [5.41, 5.74) is 7.79. The van der Waals surface area contributed by atoms with Gasteiger partial charge in [0.2, 0.25) is 5.91 Å². The predicted octanol–water partition coefficient (Wildman–Crippen LogP) is 3.47. The van der Waals surface area contributed by atoms with Crippen molar-refractivity contribution in [2.75, 3.05) is 6.54 Å². The highest BCUT2D eigenvalue weighted by atomic mass is 35.5. The molecule has 0 aliphatic carbocycles. The molecule has 1 atom stereocenters. The van der Waals surface area contributed by atoms with Gasteiger partial charge in [0.25, 0.3) is 0 Å². The number of nitrogens with two attached hydrogens (primary N) is 1. The highest BCUT2D eigenvalue weighted by Crippen LogP contribution is 2.19. The Bertz CT molecular complexity index is 590. The van der Waals surface area contributed by atoms with Crippen LogP contribution in [-0.2, 0) is 11.2 Å². The zero-order chi connectivity index (χ0) is 15.2. The van der Waals surface area contributed by atoms with Gasteiger partial charge in [0, 0.05) is 24.3 Å². The van der Waals surface area contributed by atoms with Crippen LogP contribution < -0.4 is 11.1 Å². The molecule has 2 aromatic rings. The largest absolute Gasteiger partial charge is 0.354 e. The van der Waals surface area contributed by atoms with Crippen molar-refractivity contribution in [3.63, 3.8) is 0 Å². The monoisotopic (exact) mass is 375 g/mol. The summed E-state index contributed by atoms with van der Waals surface area (Å²) in [5.74, 6) is 0.297. The van der Waals surface area contributed by atoms with Gasteiger partial charge in [-0.1, -0.05) is 44.2 Å². The lowest BCUT2D eigenvalue weighted by Gasteiger charge is -2.12. The van der Waals surface area contributed by atoms with Gasteiger partial charge in [0.1, 0.15) is 6.04 Å². The minimum atomic E-state index is -0.618. The van der Waals surface area contributed by atoms with Crippen molar-refractivity contribution in [3.8, 4) is 0 Å². The summed E-state index contributed by atoms with van der Waals surface area (Å²) >= 11 is 1.67. The van der Waals surface area contributed by atoms with Crippen LogP contribution in [0.2, 0.25) is 0 Å². The lowest BCUT2D eigenvalue weighted by Crippen LogP contribution is -2.35. The molecule has 7 heteroatoms. The highest BCUT2D eigenvalue weighted by Gasteiger charge is 2.14. The molecule has 0 aliphatic heterocycles. The van der Waals surface area contributed by atoms with Crippen LogP contribution in [0, 0.1) is 0 Å². The van der Waals surface area contributed by atoms with Crippen LogP contribution in [0.3, 0.4) is 0 Å². The molecule has 1 aromatic carbocycles. The first-order valence-corrected chi connectivity index (χ1v) is 7.98. The van der Waals surface area contributed by atoms with Crippen LogP contribution in [0.4, 0.5) is 0 Å². The minimum Gasteiger partial charge on any atom is -0.354 e. The molecule has 1 unspecified atom stereocenters. The Morgan fingerprint density at radius 1 is 1.26 bits per heavy atom. The van der Waals surface area contributed by atoms with Crippen molar-refractivity contribution in [2.45, 2.75) is 32.2 Å². The number of carbonyl (C=O) groups is 1. The van der Waals surface area contributed by atoms with E-state index in [0.29, 0.717) is 12.5 Å². The van der Waals surface area contributed by atoms with Gasteiger partial charge in [-0.2, -0.15) is 0 Å². The Morgan fingerprint density at radius 3 is 2.48 bits per heavy atom. The first kappa shape index (κ1) is 21.9. The third-order valence-corrected chi connectivity index (χ3v) is 4.38. The second kappa shape index (κ2) is 10.6. The van der Waals surface area contributed by atoms with E-state index in [2.05, 4.69) is 29.5 Å². The molecule has 0 radical (unpaired) electrons. The maximum atomic E-state index is 12.0. The third kappa shape index (κ3) is 6.47. The predicted molar refractivity (Wildman–Crippen MR) is 101 cm³/mol. The molecule has 3 N–H and O–H groups in total. The molecule has 128 valence electrons. The van der Waals surface area contributed by atoms with E-state index in [1.807, 2.05) is 30.3 Å². The van der Waals surface area contributed by atoms with Crippen LogP contribution in [0.15, 0.2) is 35.7 Å². The first-order chi connectivity index (χ1) is 10.1. The number of hydrogen-bond donors (Lipinski definition) is 2. The zero-order valence-electron chi connectivity index (χ0n) is 13.2. The molecule has 0 aliphatic rings. The fraction of sp³-hybridized carbons (Fsp3) is 0.375. The van der Waals surface area contributed by atoms with Gasteiger partial charge in [-0.15, -0.1) is 36.2 Å².